The fraction of sp³-hybridized carbons (Fsp3) is 0.143. The van der Waals surface area contributed by atoms with Crippen molar-refractivity contribution in [3.8, 4) is 5.88 Å². The smallest absolute Gasteiger partial charge is 0.388 e. The van der Waals surface area contributed by atoms with Crippen LogP contribution in [0.4, 0.5) is 8.78 Å². The number of alkyl halides is 2. The van der Waals surface area contributed by atoms with Gasteiger partial charge in [0.05, 0.1) is 5.02 Å². The third kappa shape index (κ3) is 3.00. The molecule has 0 aliphatic carbocycles. The van der Waals surface area contributed by atoms with E-state index >= 15 is 0 Å². The van der Waals surface area contributed by atoms with Crippen molar-refractivity contribution in [3.63, 3.8) is 0 Å². The van der Waals surface area contributed by atoms with Gasteiger partial charge in [0.15, 0.2) is 0 Å². The molecule has 0 aromatic carbocycles. The number of hydrazine groups is 1. The van der Waals surface area contributed by atoms with Gasteiger partial charge < -0.3 is 4.74 Å². The summed E-state index contributed by atoms with van der Waals surface area (Å²) in [6.07, 6.45) is 1.08. The summed E-state index contributed by atoms with van der Waals surface area (Å²) in [5.74, 6) is 3.49. The number of pyridine rings is 1. The van der Waals surface area contributed by atoms with Gasteiger partial charge in [-0.25, -0.2) is 10.8 Å². The molecule has 0 radical (unpaired) electrons. The topological polar surface area (TPSA) is 77.2 Å². The number of ether oxygens (including phenoxy) is 1. The lowest BCUT2D eigenvalue weighted by Crippen LogP contribution is -2.30. The van der Waals surface area contributed by atoms with E-state index in [1.54, 1.807) is 5.43 Å². The van der Waals surface area contributed by atoms with Crippen molar-refractivity contribution in [1.82, 2.24) is 10.4 Å². The van der Waals surface area contributed by atoms with Crippen LogP contribution in [0, 0.1) is 0 Å². The second kappa shape index (κ2) is 4.85. The van der Waals surface area contributed by atoms with Crippen molar-refractivity contribution < 1.29 is 18.3 Å². The SMILES string of the molecule is NNC(=O)c1cc(Cl)cnc1OC(F)F. The zero-order chi connectivity index (χ0) is 11.4. The Labute approximate surface area is 88.2 Å². The van der Waals surface area contributed by atoms with Crippen molar-refractivity contribution in [2.75, 3.05) is 0 Å². The van der Waals surface area contributed by atoms with E-state index < -0.39 is 18.4 Å². The van der Waals surface area contributed by atoms with E-state index in [4.69, 9.17) is 17.4 Å². The summed E-state index contributed by atoms with van der Waals surface area (Å²) < 4.78 is 27.8. The third-order valence-electron chi connectivity index (χ3n) is 1.39. The van der Waals surface area contributed by atoms with E-state index in [1.807, 2.05) is 0 Å². The average Bonchev–Trinajstić information content (AvgIpc) is 2.19. The number of hydrogen-bond donors (Lipinski definition) is 2. The molecule has 0 spiro atoms. The number of aromatic nitrogens is 1. The Kier molecular flexibility index (Phi) is 3.75. The fourth-order valence-corrected chi connectivity index (χ4v) is 1.00. The van der Waals surface area contributed by atoms with Crippen LogP contribution in [0.3, 0.4) is 0 Å². The molecule has 1 aromatic heterocycles. The number of carbonyl (C=O) groups excluding carboxylic acids is 1. The molecule has 0 saturated carbocycles. The van der Waals surface area contributed by atoms with Crippen LogP contribution >= 0.6 is 11.6 Å². The Hall–Kier alpha value is -1.47. The normalized spacial score (nSPS) is 10.2. The van der Waals surface area contributed by atoms with Crippen LogP contribution in [-0.2, 0) is 0 Å². The van der Waals surface area contributed by atoms with Crippen molar-refractivity contribution >= 4 is 17.5 Å². The molecule has 0 fully saturated rings. The van der Waals surface area contributed by atoms with E-state index in [2.05, 4.69) is 9.72 Å². The van der Waals surface area contributed by atoms with Gasteiger partial charge in [-0.15, -0.1) is 0 Å². The Morgan fingerprint density at radius 2 is 2.33 bits per heavy atom. The van der Waals surface area contributed by atoms with Crippen LogP contribution in [0.5, 0.6) is 5.88 Å². The maximum Gasteiger partial charge on any atom is 0.388 e. The molecule has 0 saturated heterocycles. The van der Waals surface area contributed by atoms with Gasteiger partial charge in [0.1, 0.15) is 5.56 Å². The molecule has 1 rings (SSSR count). The number of nitrogen functional groups attached to an aromatic ring is 1. The molecular formula is C7H6ClF2N3O2. The summed E-state index contributed by atoms with van der Waals surface area (Å²) in [4.78, 5) is 14.5. The first-order valence-corrected chi connectivity index (χ1v) is 4.03. The molecule has 0 unspecified atom stereocenters. The highest BCUT2D eigenvalue weighted by Crippen LogP contribution is 2.20. The van der Waals surface area contributed by atoms with Crippen LogP contribution < -0.4 is 16.0 Å². The number of nitrogens with zero attached hydrogens (tertiary/aromatic N) is 1. The molecule has 82 valence electrons. The first kappa shape index (κ1) is 11.6. The molecule has 3 N–H and O–H groups in total. The van der Waals surface area contributed by atoms with Gasteiger partial charge in [0, 0.05) is 6.20 Å². The summed E-state index contributed by atoms with van der Waals surface area (Å²) in [7, 11) is 0. The van der Waals surface area contributed by atoms with Gasteiger partial charge in [-0.3, -0.25) is 10.2 Å². The van der Waals surface area contributed by atoms with E-state index in [0.717, 1.165) is 12.3 Å². The number of carbonyl (C=O) groups is 1. The highest BCUT2D eigenvalue weighted by molar-refractivity contribution is 6.30. The predicted molar refractivity (Wildman–Crippen MR) is 47.5 cm³/mol. The molecule has 0 aliphatic heterocycles. The largest absolute Gasteiger partial charge is 0.416 e. The van der Waals surface area contributed by atoms with E-state index in [-0.39, 0.29) is 10.6 Å². The molecule has 0 aliphatic rings. The lowest BCUT2D eigenvalue weighted by atomic mass is 10.2. The van der Waals surface area contributed by atoms with Crippen molar-refractivity contribution in [1.29, 1.82) is 0 Å². The van der Waals surface area contributed by atoms with Gasteiger partial charge in [-0.1, -0.05) is 11.6 Å². The molecule has 0 bridgehead atoms. The van der Waals surface area contributed by atoms with Crippen LogP contribution in [0.1, 0.15) is 10.4 Å². The first-order valence-electron chi connectivity index (χ1n) is 3.66. The Balaban J connectivity index is 3.08. The van der Waals surface area contributed by atoms with Gasteiger partial charge in [-0.05, 0) is 6.07 Å². The monoisotopic (exact) mass is 237 g/mol. The van der Waals surface area contributed by atoms with E-state index in [0.29, 0.717) is 0 Å². The lowest BCUT2D eigenvalue weighted by molar-refractivity contribution is -0.0531. The van der Waals surface area contributed by atoms with Crippen LogP contribution in [0.25, 0.3) is 0 Å². The molecule has 1 amide bonds. The van der Waals surface area contributed by atoms with E-state index in [9.17, 15) is 13.6 Å². The van der Waals surface area contributed by atoms with Crippen LogP contribution in [0.15, 0.2) is 12.3 Å². The number of amides is 1. The second-order valence-electron chi connectivity index (χ2n) is 2.36. The minimum absolute atomic E-state index is 0.107. The van der Waals surface area contributed by atoms with Crippen molar-refractivity contribution in [3.05, 3.63) is 22.8 Å². The zero-order valence-corrected chi connectivity index (χ0v) is 7.96. The number of rotatable bonds is 3. The molecule has 1 aromatic rings. The Bertz CT molecular complexity index is 375. The zero-order valence-electron chi connectivity index (χ0n) is 7.21. The van der Waals surface area contributed by atoms with Gasteiger partial charge >= 0.3 is 6.61 Å². The standard InChI is InChI=1S/C7H6ClF2N3O2/c8-3-1-4(5(14)13-11)6(12-2-3)15-7(9)10/h1-2,7H,11H2,(H,13,14). The average molecular weight is 238 g/mol. The summed E-state index contributed by atoms with van der Waals surface area (Å²) in [5, 5.41) is 0.107. The molecular weight excluding hydrogens is 232 g/mol. The Morgan fingerprint density at radius 1 is 1.67 bits per heavy atom. The lowest BCUT2D eigenvalue weighted by Gasteiger charge is -2.08. The van der Waals surface area contributed by atoms with Gasteiger partial charge in [-0.2, -0.15) is 8.78 Å². The number of halogens is 3. The highest BCUT2D eigenvalue weighted by atomic mass is 35.5. The van der Waals surface area contributed by atoms with Crippen LogP contribution in [-0.4, -0.2) is 17.5 Å². The maximum absolute atomic E-state index is 11.9. The number of nitrogens with two attached hydrogens (primary N) is 1. The summed E-state index contributed by atoms with van der Waals surface area (Å²) in [6.45, 7) is -3.08. The van der Waals surface area contributed by atoms with Gasteiger partial charge in [0.25, 0.3) is 5.91 Å². The minimum atomic E-state index is -3.08. The predicted octanol–water partition coefficient (Wildman–Crippen LogP) is 0.940. The molecule has 5 nitrogen and oxygen atoms in total. The summed E-state index contributed by atoms with van der Waals surface area (Å²) >= 11 is 5.53. The molecule has 15 heavy (non-hydrogen) atoms. The second-order valence-corrected chi connectivity index (χ2v) is 2.79. The van der Waals surface area contributed by atoms with E-state index in [1.165, 1.54) is 0 Å². The minimum Gasteiger partial charge on any atom is -0.416 e. The van der Waals surface area contributed by atoms with Crippen molar-refractivity contribution in [2.24, 2.45) is 5.84 Å². The molecule has 8 heteroatoms. The van der Waals surface area contributed by atoms with Crippen LogP contribution in [0.2, 0.25) is 5.02 Å². The maximum atomic E-state index is 11.9. The summed E-state index contributed by atoms with van der Waals surface area (Å²) in [5.41, 5.74) is 1.50. The number of hydrogen-bond acceptors (Lipinski definition) is 4. The van der Waals surface area contributed by atoms with Crippen molar-refractivity contribution in [2.45, 2.75) is 6.61 Å². The van der Waals surface area contributed by atoms with Gasteiger partial charge in [0.2, 0.25) is 5.88 Å². The highest BCUT2D eigenvalue weighted by Gasteiger charge is 2.17. The number of nitrogens with one attached hydrogen (secondary N) is 1. The first-order chi connectivity index (χ1) is 7.04. The molecule has 1 heterocycles. The summed E-state index contributed by atoms with van der Waals surface area (Å²) in [6, 6.07) is 1.12. The Morgan fingerprint density at radius 3 is 2.87 bits per heavy atom. The quantitative estimate of drug-likeness (QED) is 0.466. The fourth-order valence-electron chi connectivity index (χ4n) is 0.845. The third-order valence-corrected chi connectivity index (χ3v) is 1.60. The molecule has 0 atom stereocenters.